The lowest BCUT2D eigenvalue weighted by Crippen LogP contribution is -1.88. The molecule has 14 heavy (non-hydrogen) atoms. The Labute approximate surface area is 82.3 Å². The highest BCUT2D eigenvalue weighted by Crippen LogP contribution is 2.23. The van der Waals surface area contributed by atoms with Crippen LogP contribution in [0.1, 0.15) is 0 Å². The monoisotopic (exact) mass is 216 g/mol. The average Bonchev–Trinajstić information content (AvgIpc) is 2.57. The third-order valence-electron chi connectivity index (χ3n) is 1.58. The molecular formula is C8H3ClF2N2O. The third kappa shape index (κ3) is 1.46. The highest BCUT2D eigenvalue weighted by molar-refractivity contribution is 6.27. The number of hydrogen-bond donors (Lipinski definition) is 0. The minimum atomic E-state index is -1.03. The van der Waals surface area contributed by atoms with Crippen molar-refractivity contribution in [1.29, 1.82) is 0 Å². The second-order valence-electron chi connectivity index (χ2n) is 2.46. The van der Waals surface area contributed by atoms with Crippen LogP contribution in [0.15, 0.2) is 22.6 Å². The Morgan fingerprint density at radius 3 is 2.64 bits per heavy atom. The number of nitrogens with zero attached hydrogens (tertiary/aromatic N) is 2. The zero-order chi connectivity index (χ0) is 10.1. The van der Waals surface area contributed by atoms with Crippen LogP contribution in [0.5, 0.6) is 0 Å². The molecule has 2 rings (SSSR count). The van der Waals surface area contributed by atoms with Crippen molar-refractivity contribution in [1.82, 2.24) is 10.2 Å². The third-order valence-corrected chi connectivity index (χ3v) is 1.74. The lowest BCUT2D eigenvalue weighted by molar-refractivity contribution is 0.502. The molecule has 2 aromatic rings. The molecule has 1 aromatic carbocycles. The van der Waals surface area contributed by atoms with Crippen LogP contribution in [-0.2, 0) is 0 Å². The average molecular weight is 217 g/mol. The Kier molecular flexibility index (Phi) is 2.17. The fourth-order valence-electron chi connectivity index (χ4n) is 0.983. The van der Waals surface area contributed by atoms with Crippen LogP contribution >= 0.6 is 11.6 Å². The number of rotatable bonds is 1. The van der Waals surface area contributed by atoms with E-state index < -0.39 is 11.6 Å². The first-order valence-electron chi connectivity index (χ1n) is 3.62. The number of halogens is 3. The fraction of sp³-hybridized carbons (Fsp3) is 0. The molecule has 72 valence electrons. The van der Waals surface area contributed by atoms with E-state index in [2.05, 4.69) is 10.2 Å². The number of hydrogen-bond acceptors (Lipinski definition) is 3. The van der Waals surface area contributed by atoms with Crippen LogP contribution in [0.4, 0.5) is 8.78 Å². The summed E-state index contributed by atoms with van der Waals surface area (Å²) in [5.74, 6) is -2.16. The molecule has 0 N–H and O–H groups in total. The topological polar surface area (TPSA) is 38.9 Å². The van der Waals surface area contributed by atoms with Gasteiger partial charge in [-0.1, -0.05) is 11.2 Å². The van der Waals surface area contributed by atoms with Crippen LogP contribution < -0.4 is 0 Å². The van der Waals surface area contributed by atoms with Crippen LogP contribution in [0.3, 0.4) is 0 Å². The summed E-state index contributed by atoms with van der Waals surface area (Å²) in [6.07, 6.45) is 0. The van der Waals surface area contributed by atoms with Crippen molar-refractivity contribution in [2.24, 2.45) is 0 Å². The molecule has 0 unspecified atom stereocenters. The van der Waals surface area contributed by atoms with E-state index in [9.17, 15) is 8.78 Å². The van der Waals surface area contributed by atoms with Gasteiger partial charge >= 0.3 is 5.35 Å². The van der Waals surface area contributed by atoms with E-state index in [4.69, 9.17) is 16.0 Å². The molecule has 0 aliphatic heterocycles. The SMILES string of the molecule is Fc1cccc(-c2nnc(Cl)o2)c1F. The van der Waals surface area contributed by atoms with E-state index in [1.807, 2.05) is 0 Å². The van der Waals surface area contributed by atoms with E-state index in [0.717, 1.165) is 6.07 Å². The molecule has 0 aliphatic carbocycles. The first-order valence-corrected chi connectivity index (χ1v) is 3.99. The highest BCUT2D eigenvalue weighted by Gasteiger charge is 2.14. The smallest absolute Gasteiger partial charge is 0.313 e. The summed E-state index contributed by atoms with van der Waals surface area (Å²) in [6.45, 7) is 0. The maximum Gasteiger partial charge on any atom is 0.313 e. The van der Waals surface area contributed by atoms with Gasteiger partial charge in [-0.2, -0.15) is 0 Å². The van der Waals surface area contributed by atoms with Gasteiger partial charge in [-0.25, -0.2) is 8.78 Å². The van der Waals surface area contributed by atoms with Crippen molar-refractivity contribution in [3.63, 3.8) is 0 Å². The largest absolute Gasteiger partial charge is 0.407 e. The van der Waals surface area contributed by atoms with Crippen LogP contribution in [0.2, 0.25) is 5.35 Å². The Morgan fingerprint density at radius 2 is 2.00 bits per heavy atom. The van der Waals surface area contributed by atoms with Gasteiger partial charge in [-0.15, -0.1) is 5.10 Å². The summed E-state index contributed by atoms with van der Waals surface area (Å²) in [7, 11) is 0. The number of benzene rings is 1. The zero-order valence-electron chi connectivity index (χ0n) is 6.67. The number of aromatic nitrogens is 2. The Balaban J connectivity index is 2.57. The molecular weight excluding hydrogens is 214 g/mol. The van der Waals surface area contributed by atoms with Crippen molar-refractivity contribution in [2.75, 3.05) is 0 Å². The maximum atomic E-state index is 13.2. The van der Waals surface area contributed by atoms with Gasteiger partial charge in [-0.3, -0.25) is 0 Å². The molecule has 0 bridgehead atoms. The molecule has 0 aliphatic rings. The van der Waals surface area contributed by atoms with Crippen molar-refractivity contribution in [3.05, 3.63) is 35.2 Å². The summed E-state index contributed by atoms with van der Waals surface area (Å²) in [6, 6.07) is 3.66. The molecule has 0 amide bonds. The standard InChI is InChI=1S/C8H3ClF2N2O/c9-8-13-12-7(14-8)4-2-1-3-5(10)6(4)11/h1-3H. The first-order chi connectivity index (χ1) is 6.68. The summed E-state index contributed by atoms with van der Waals surface area (Å²) in [4.78, 5) is 0. The van der Waals surface area contributed by atoms with Gasteiger partial charge in [-0.05, 0) is 23.7 Å². The van der Waals surface area contributed by atoms with Crippen LogP contribution in [0, 0.1) is 11.6 Å². The second-order valence-corrected chi connectivity index (χ2v) is 2.78. The maximum absolute atomic E-state index is 13.2. The molecule has 6 heteroatoms. The van der Waals surface area contributed by atoms with Crippen molar-refractivity contribution < 1.29 is 13.2 Å². The first kappa shape index (κ1) is 9.08. The minimum Gasteiger partial charge on any atom is -0.407 e. The Morgan fingerprint density at radius 1 is 1.21 bits per heavy atom. The van der Waals surface area contributed by atoms with Crippen LogP contribution in [0.25, 0.3) is 11.5 Å². The van der Waals surface area contributed by atoms with Crippen molar-refractivity contribution in [2.45, 2.75) is 0 Å². The fourth-order valence-corrected chi connectivity index (χ4v) is 1.09. The lowest BCUT2D eigenvalue weighted by atomic mass is 10.2. The van der Waals surface area contributed by atoms with Gasteiger partial charge < -0.3 is 4.42 Å². The van der Waals surface area contributed by atoms with Gasteiger partial charge in [0.05, 0.1) is 5.56 Å². The van der Waals surface area contributed by atoms with Gasteiger partial charge in [0.1, 0.15) is 0 Å². The Hall–Kier alpha value is -1.49. The van der Waals surface area contributed by atoms with E-state index in [1.54, 1.807) is 0 Å². The van der Waals surface area contributed by atoms with E-state index in [-0.39, 0.29) is 16.8 Å². The minimum absolute atomic E-state index is 0.107. The summed E-state index contributed by atoms with van der Waals surface area (Å²) in [5, 5.41) is 6.54. The summed E-state index contributed by atoms with van der Waals surface area (Å²) < 4.78 is 30.7. The predicted octanol–water partition coefficient (Wildman–Crippen LogP) is 2.67. The zero-order valence-corrected chi connectivity index (χ0v) is 7.42. The molecule has 1 heterocycles. The molecule has 0 radical (unpaired) electrons. The molecule has 0 fully saturated rings. The van der Waals surface area contributed by atoms with Crippen molar-refractivity contribution in [3.8, 4) is 11.5 Å². The molecule has 3 nitrogen and oxygen atoms in total. The van der Waals surface area contributed by atoms with Crippen LogP contribution in [-0.4, -0.2) is 10.2 Å². The molecule has 0 spiro atoms. The lowest BCUT2D eigenvalue weighted by Gasteiger charge is -1.96. The van der Waals surface area contributed by atoms with E-state index in [0.29, 0.717) is 0 Å². The summed E-state index contributed by atoms with van der Waals surface area (Å²) in [5.41, 5.74) is -0.107. The predicted molar refractivity (Wildman–Crippen MR) is 44.7 cm³/mol. The van der Waals surface area contributed by atoms with E-state index in [1.165, 1.54) is 12.1 Å². The summed E-state index contributed by atoms with van der Waals surface area (Å²) >= 11 is 5.35. The molecule has 1 aromatic heterocycles. The molecule has 0 atom stereocenters. The normalized spacial score (nSPS) is 10.5. The van der Waals surface area contributed by atoms with Gasteiger partial charge in [0.25, 0.3) is 5.89 Å². The van der Waals surface area contributed by atoms with Gasteiger partial charge in [0, 0.05) is 0 Å². The van der Waals surface area contributed by atoms with Gasteiger partial charge in [0.2, 0.25) is 0 Å². The Bertz CT molecular complexity index is 472. The molecule has 0 saturated carbocycles. The highest BCUT2D eigenvalue weighted by atomic mass is 35.5. The van der Waals surface area contributed by atoms with Crippen molar-refractivity contribution >= 4 is 11.6 Å². The second kappa shape index (κ2) is 3.34. The molecule has 0 saturated heterocycles. The van der Waals surface area contributed by atoms with E-state index >= 15 is 0 Å². The quantitative estimate of drug-likeness (QED) is 0.736. The van der Waals surface area contributed by atoms with Gasteiger partial charge in [0.15, 0.2) is 11.6 Å².